The first-order valence-corrected chi connectivity index (χ1v) is 15.0. The van der Waals surface area contributed by atoms with Crippen LogP contribution in [0.4, 0.5) is 0 Å². The second-order valence-electron chi connectivity index (χ2n) is 11.0. The van der Waals surface area contributed by atoms with E-state index in [1.807, 2.05) is 0 Å². The Balaban J connectivity index is 1.41. The third-order valence-electron chi connectivity index (χ3n) is 8.57. The predicted octanol–water partition coefficient (Wildman–Crippen LogP) is 10.9. The van der Waals surface area contributed by atoms with Crippen LogP contribution in [-0.4, -0.2) is 9.55 Å². The largest absolute Gasteiger partial charge is 0.296 e. The average molecular weight is 551 g/mol. The Bertz CT molecular complexity index is 2200. The van der Waals surface area contributed by atoms with Crippen LogP contribution in [0.1, 0.15) is 12.7 Å². The number of fused-ring (bicyclic) bond motifs is 3. The SMILES string of the molecule is CCc1nc2ccccc2n1-c1ccccc1-c1c2ccccc2c(-c2ccc(-c3ccccc3)cc2)c2ccccc12. The van der Waals surface area contributed by atoms with Gasteiger partial charge in [-0.3, -0.25) is 4.57 Å². The van der Waals surface area contributed by atoms with Crippen LogP contribution in [0.2, 0.25) is 0 Å². The number of nitrogens with zero attached hydrogens (tertiary/aromatic N) is 2. The molecule has 1 heterocycles. The Morgan fingerprint density at radius 1 is 0.465 bits per heavy atom. The third kappa shape index (κ3) is 4.14. The van der Waals surface area contributed by atoms with Crippen molar-refractivity contribution in [2.45, 2.75) is 13.3 Å². The number of aromatic nitrogens is 2. The second-order valence-corrected chi connectivity index (χ2v) is 11.0. The van der Waals surface area contributed by atoms with E-state index in [1.165, 1.54) is 54.9 Å². The van der Waals surface area contributed by atoms with Crippen LogP contribution in [0.15, 0.2) is 152 Å². The number of benzene rings is 7. The number of hydrogen-bond donors (Lipinski definition) is 0. The lowest BCUT2D eigenvalue weighted by atomic mass is 9.85. The maximum Gasteiger partial charge on any atom is 0.114 e. The highest BCUT2D eigenvalue weighted by Crippen LogP contribution is 2.45. The van der Waals surface area contributed by atoms with Crippen LogP contribution in [0.25, 0.3) is 71.6 Å². The van der Waals surface area contributed by atoms with E-state index in [4.69, 9.17) is 4.98 Å². The molecule has 204 valence electrons. The number of rotatable bonds is 5. The zero-order valence-corrected chi connectivity index (χ0v) is 24.0. The summed E-state index contributed by atoms with van der Waals surface area (Å²) in [6.45, 7) is 2.18. The monoisotopic (exact) mass is 550 g/mol. The van der Waals surface area contributed by atoms with Gasteiger partial charge in [-0.2, -0.15) is 0 Å². The molecule has 0 amide bonds. The van der Waals surface area contributed by atoms with Crippen LogP contribution < -0.4 is 0 Å². The Morgan fingerprint density at radius 3 is 1.65 bits per heavy atom. The minimum atomic E-state index is 0.850. The zero-order valence-electron chi connectivity index (χ0n) is 24.0. The van der Waals surface area contributed by atoms with Crippen LogP contribution >= 0.6 is 0 Å². The fraction of sp³-hybridized carbons (Fsp3) is 0.0488. The highest BCUT2D eigenvalue weighted by Gasteiger charge is 2.20. The number of hydrogen-bond acceptors (Lipinski definition) is 1. The lowest BCUT2D eigenvalue weighted by Crippen LogP contribution is -2.03. The first kappa shape index (κ1) is 25.3. The Hall–Kier alpha value is -5.47. The smallest absolute Gasteiger partial charge is 0.114 e. The lowest BCUT2D eigenvalue weighted by molar-refractivity contribution is 0.909. The van der Waals surface area contributed by atoms with Gasteiger partial charge in [-0.1, -0.05) is 140 Å². The summed E-state index contributed by atoms with van der Waals surface area (Å²) in [5.74, 6) is 1.07. The van der Waals surface area contributed by atoms with Crippen molar-refractivity contribution in [3.05, 3.63) is 157 Å². The first-order chi connectivity index (χ1) is 21.3. The molecule has 0 N–H and O–H groups in total. The van der Waals surface area contributed by atoms with Gasteiger partial charge in [-0.15, -0.1) is 0 Å². The molecular weight excluding hydrogens is 520 g/mol. The maximum absolute atomic E-state index is 5.01. The molecule has 0 radical (unpaired) electrons. The van der Waals surface area contributed by atoms with Gasteiger partial charge in [-0.05, 0) is 67.6 Å². The second kappa shape index (κ2) is 10.4. The minimum absolute atomic E-state index is 0.850. The van der Waals surface area contributed by atoms with Gasteiger partial charge in [0.25, 0.3) is 0 Å². The molecule has 0 saturated carbocycles. The molecule has 0 aliphatic rings. The zero-order chi connectivity index (χ0) is 28.8. The van der Waals surface area contributed by atoms with Gasteiger partial charge < -0.3 is 0 Å². The standard InChI is InChI=1S/C41H30N2/c1-2-39-42-36-21-11-13-23-38(36)43(39)37-22-12-10-20-35(37)41-33-18-8-6-16-31(33)40(32-17-7-9-19-34(32)41)30-26-24-29(25-27-30)28-14-4-3-5-15-28/h3-27H,2H2,1H3. The van der Waals surface area contributed by atoms with E-state index in [0.717, 1.165) is 29.0 Å². The molecule has 8 rings (SSSR count). The summed E-state index contributed by atoms with van der Waals surface area (Å²) < 4.78 is 2.35. The summed E-state index contributed by atoms with van der Waals surface area (Å²) in [5, 5.41) is 5.01. The molecule has 1 aromatic heterocycles. The van der Waals surface area contributed by atoms with Gasteiger partial charge in [0.1, 0.15) is 5.82 Å². The molecule has 7 aromatic carbocycles. The molecule has 0 aliphatic heterocycles. The third-order valence-corrected chi connectivity index (χ3v) is 8.57. The van der Waals surface area contributed by atoms with Gasteiger partial charge >= 0.3 is 0 Å². The highest BCUT2D eigenvalue weighted by atomic mass is 15.1. The van der Waals surface area contributed by atoms with Crippen molar-refractivity contribution < 1.29 is 0 Å². The molecule has 8 aromatic rings. The Kier molecular flexibility index (Phi) is 6.12. The average Bonchev–Trinajstić information content (AvgIpc) is 3.46. The molecule has 2 nitrogen and oxygen atoms in total. The number of imidazole rings is 1. The summed E-state index contributed by atoms with van der Waals surface area (Å²) in [7, 11) is 0. The van der Waals surface area contributed by atoms with Gasteiger partial charge in [0.05, 0.1) is 16.7 Å². The van der Waals surface area contributed by atoms with E-state index in [1.54, 1.807) is 0 Å². The molecule has 0 spiro atoms. The van der Waals surface area contributed by atoms with Crippen molar-refractivity contribution in [3.63, 3.8) is 0 Å². The van der Waals surface area contributed by atoms with Crippen molar-refractivity contribution >= 4 is 32.6 Å². The first-order valence-electron chi connectivity index (χ1n) is 15.0. The molecule has 0 fully saturated rings. The molecule has 0 bridgehead atoms. The van der Waals surface area contributed by atoms with Gasteiger partial charge in [0, 0.05) is 12.0 Å². The van der Waals surface area contributed by atoms with Crippen molar-refractivity contribution in [2.24, 2.45) is 0 Å². The van der Waals surface area contributed by atoms with E-state index in [-0.39, 0.29) is 0 Å². The van der Waals surface area contributed by atoms with Crippen molar-refractivity contribution in [2.75, 3.05) is 0 Å². The van der Waals surface area contributed by atoms with Gasteiger partial charge in [0.2, 0.25) is 0 Å². The molecule has 2 heteroatoms. The fourth-order valence-corrected chi connectivity index (χ4v) is 6.65. The van der Waals surface area contributed by atoms with Crippen LogP contribution in [0.5, 0.6) is 0 Å². The quantitative estimate of drug-likeness (QED) is 0.195. The summed E-state index contributed by atoms with van der Waals surface area (Å²) >= 11 is 0. The normalized spacial score (nSPS) is 11.5. The summed E-state index contributed by atoms with van der Waals surface area (Å²) in [6.07, 6.45) is 0.850. The van der Waals surface area contributed by atoms with E-state index < -0.39 is 0 Å². The van der Waals surface area contributed by atoms with Gasteiger partial charge in [-0.25, -0.2) is 4.98 Å². The van der Waals surface area contributed by atoms with Crippen LogP contribution in [0.3, 0.4) is 0 Å². The summed E-state index contributed by atoms with van der Waals surface area (Å²) in [6, 6.07) is 54.6. The Labute approximate surface area is 251 Å². The Morgan fingerprint density at radius 2 is 0.977 bits per heavy atom. The number of para-hydroxylation sites is 3. The molecule has 0 unspecified atom stereocenters. The predicted molar refractivity (Wildman–Crippen MR) is 182 cm³/mol. The molecule has 43 heavy (non-hydrogen) atoms. The summed E-state index contributed by atoms with van der Waals surface area (Å²) in [4.78, 5) is 5.01. The van der Waals surface area contributed by atoms with E-state index in [9.17, 15) is 0 Å². The van der Waals surface area contributed by atoms with Gasteiger partial charge in [0.15, 0.2) is 0 Å². The van der Waals surface area contributed by atoms with E-state index in [0.29, 0.717) is 0 Å². The van der Waals surface area contributed by atoms with Crippen molar-refractivity contribution in [1.82, 2.24) is 9.55 Å². The van der Waals surface area contributed by atoms with Crippen LogP contribution in [0, 0.1) is 0 Å². The topological polar surface area (TPSA) is 17.8 Å². The number of aryl methyl sites for hydroxylation is 1. The molecule has 0 atom stereocenters. The van der Waals surface area contributed by atoms with E-state index in [2.05, 4.69) is 163 Å². The van der Waals surface area contributed by atoms with Crippen LogP contribution in [-0.2, 0) is 6.42 Å². The summed E-state index contributed by atoms with van der Waals surface area (Å²) in [5.41, 5.74) is 10.7. The minimum Gasteiger partial charge on any atom is -0.296 e. The maximum atomic E-state index is 5.01. The lowest BCUT2D eigenvalue weighted by Gasteiger charge is -2.20. The van der Waals surface area contributed by atoms with Crippen molar-refractivity contribution in [1.29, 1.82) is 0 Å². The molecule has 0 aliphatic carbocycles. The van der Waals surface area contributed by atoms with E-state index >= 15 is 0 Å². The molecule has 0 saturated heterocycles. The highest BCUT2D eigenvalue weighted by molar-refractivity contribution is 6.22. The fourth-order valence-electron chi connectivity index (χ4n) is 6.65. The van der Waals surface area contributed by atoms with Crippen molar-refractivity contribution in [3.8, 4) is 39.1 Å². The molecular formula is C41H30N2.